The van der Waals surface area contributed by atoms with Gasteiger partial charge in [-0.1, -0.05) is 18.9 Å². The summed E-state index contributed by atoms with van der Waals surface area (Å²) in [7, 11) is 0. The molecule has 1 aliphatic carbocycles. The Bertz CT molecular complexity index is 380. The van der Waals surface area contributed by atoms with Gasteiger partial charge in [0, 0.05) is 18.5 Å². The van der Waals surface area contributed by atoms with Gasteiger partial charge < -0.3 is 10.4 Å². The smallest absolute Gasteiger partial charge is 0.115 e. The topological polar surface area (TPSA) is 32.3 Å². The normalized spacial score (nSPS) is 22.9. The Balaban J connectivity index is 2.12. The monoisotopic (exact) mass is 203 g/mol. The van der Waals surface area contributed by atoms with Crippen molar-refractivity contribution in [2.45, 2.75) is 37.6 Å². The third-order valence-corrected chi connectivity index (χ3v) is 4.00. The van der Waals surface area contributed by atoms with Crippen LogP contribution in [-0.2, 0) is 12.0 Å². The molecule has 1 fully saturated rings. The fourth-order valence-corrected chi connectivity index (χ4v) is 3.24. The molecule has 3 rings (SSSR count). The standard InChI is InChI=1S/C13H17NO/c15-11-4-3-10-8-14-9-13(12(10)7-11)5-1-2-6-13/h3-4,7,14-15H,1-2,5-6,8-9H2. The second-order valence-electron chi connectivity index (χ2n) is 4.93. The second kappa shape index (κ2) is 3.24. The molecule has 2 N–H and O–H groups in total. The number of phenols is 1. The van der Waals surface area contributed by atoms with Gasteiger partial charge in [-0.15, -0.1) is 0 Å². The lowest BCUT2D eigenvalue weighted by Crippen LogP contribution is -2.41. The Morgan fingerprint density at radius 2 is 2.00 bits per heavy atom. The Morgan fingerprint density at radius 1 is 1.20 bits per heavy atom. The van der Waals surface area contributed by atoms with Gasteiger partial charge in [-0.3, -0.25) is 0 Å². The van der Waals surface area contributed by atoms with E-state index in [0.29, 0.717) is 11.2 Å². The van der Waals surface area contributed by atoms with Crippen molar-refractivity contribution < 1.29 is 5.11 Å². The summed E-state index contributed by atoms with van der Waals surface area (Å²) in [6.07, 6.45) is 5.21. The fraction of sp³-hybridized carbons (Fsp3) is 0.538. The predicted molar refractivity (Wildman–Crippen MR) is 60.0 cm³/mol. The maximum Gasteiger partial charge on any atom is 0.115 e. The van der Waals surface area contributed by atoms with E-state index in [4.69, 9.17) is 0 Å². The zero-order valence-corrected chi connectivity index (χ0v) is 8.92. The van der Waals surface area contributed by atoms with Crippen LogP contribution in [0.1, 0.15) is 36.8 Å². The van der Waals surface area contributed by atoms with Gasteiger partial charge in [-0.2, -0.15) is 0 Å². The third kappa shape index (κ3) is 1.36. The molecule has 1 aromatic carbocycles. The van der Waals surface area contributed by atoms with Gasteiger partial charge in [-0.25, -0.2) is 0 Å². The van der Waals surface area contributed by atoms with Crippen LogP contribution in [0.15, 0.2) is 18.2 Å². The summed E-state index contributed by atoms with van der Waals surface area (Å²) in [5.41, 5.74) is 3.10. The minimum Gasteiger partial charge on any atom is -0.508 e. The zero-order chi connectivity index (χ0) is 10.3. The quantitative estimate of drug-likeness (QED) is 0.678. The first-order valence-electron chi connectivity index (χ1n) is 5.83. The summed E-state index contributed by atoms with van der Waals surface area (Å²) in [6.45, 7) is 2.04. The molecule has 15 heavy (non-hydrogen) atoms. The summed E-state index contributed by atoms with van der Waals surface area (Å²) >= 11 is 0. The molecule has 1 saturated carbocycles. The van der Waals surface area contributed by atoms with Crippen molar-refractivity contribution in [3.05, 3.63) is 29.3 Å². The van der Waals surface area contributed by atoms with Crippen LogP contribution in [0.5, 0.6) is 5.75 Å². The van der Waals surface area contributed by atoms with Crippen molar-refractivity contribution in [1.29, 1.82) is 0 Å². The van der Waals surface area contributed by atoms with Gasteiger partial charge in [0.2, 0.25) is 0 Å². The molecular weight excluding hydrogens is 186 g/mol. The summed E-state index contributed by atoms with van der Waals surface area (Å²) in [4.78, 5) is 0. The highest BCUT2D eigenvalue weighted by atomic mass is 16.3. The van der Waals surface area contributed by atoms with E-state index >= 15 is 0 Å². The molecule has 1 aromatic rings. The maximum absolute atomic E-state index is 9.61. The molecule has 0 saturated heterocycles. The van der Waals surface area contributed by atoms with E-state index in [1.54, 1.807) is 6.07 Å². The third-order valence-electron chi connectivity index (χ3n) is 4.00. The first-order chi connectivity index (χ1) is 7.30. The van der Waals surface area contributed by atoms with Gasteiger partial charge in [0.1, 0.15) is 5.75 Å². The second-order valence-corrected chi connectivity index (χ2v) is 4.93. The number of hydrogen-bond acceptors (Lipinski definition) is 2. The van der Waals surface area contributed by atoms with Crippen LogP contribution in [-0.4, -0.2) is 11.7 Å². The highest BCUT2D eigenvalue weighted by Crippen LogP contribution is 2.44. The largest absolute Gasteiger partial charge is 0.508 e. The number of rotatable bonds is 0. The van der Waals surface area contributed by atoms with E-state index < -0.39 is 0 Å². The van der Waals surface area contributed by atoms with Gasteiger partial charge in [0.05, 0.1) is 0 Å². The average molecular weight is 203 g/mol. The Labute approximate surface area is 90.3 Å². The van der Waals surface area contributed by atoms with Crippen LogP contribution >= 0.6 is 0 Å². The van der Waals surface area contributed by atoms with E-state index in [2.05, 4.69) is 11.4 Å². The van der Waals surface area contributed by atoms with E-state index in [1.165, 1.54) is 36.8 Å². The molecule has 0 unspecified atom stereocenters. The zero-order valence-electron chi connectivity index (χ0n) is 8.92. The lowest BCUT2D eigenvalue weighted by atomic mass is 9.74. The van der Waals surface area contributed by atoms with Crippen molar-refractivity contribution >= 4 is 0 Å². The Kier molecular flexibility index (Phi) is 1.99. The molecule has 0 amide bonds. The molecule has 0 aromatic heterocycles. The van der Waals surface area contributed by atoms with E-state index in [1.807, 2.05) is 6.07 Å². The molecule has 0 bridgehead atoms. The van der Waals surface area contributed by atoms with Crippen LogP contribution in [0.25, 0.3) is 0 Å². The Hall–Kier alpha value is -1.02. The van der Waals surface area contributed by atoms with E-state index in [9.17, 15) is 5.11 Å². The minimum absolute atomic E-state index is 0.326. The molecule has 2 nitrogen and oxygen atoms in total. The van der Waals surface area contributed by atoms with Crippen molar-refractivity contribution in [1.82, 2.24) is 5.32 Å². The number of benzene rings is 1. The van der Waals surface area contributed by atoms with Crippen LogP contribution in [0, 0.1) is 0 Å². The van der Waals surface area contributed by atoms with Gasteiger partial charge in [0.15, 0.2) is 0 Å². The lowest BCUT2D eigenvalue weighted by molar-refractivity contribution is 0.373. The first kappa shape index (κ1) is 9.22. The maximum atomic E-state index is 9.61. The fourth-order valence-electron chi connectivity index (χ4n) is 3.24. The molecule has 1 aliphatic heterocycles. The molecule has 80 valence electrons. The molecule has 0 atom stereocenters. The molecule has 1 heterocycles. The molecule has 0 radical (unpaired) electrons. The van der Waals surface area contributed by atoms with Crippen molar-refractivity contribution in [2.75, 3.05) is 6.54 Å². The van der Waals surface area contributed by atoms with Crippen molar-refractivity contribution in [3.8, 4) is 5.75 Å². The highest BCUT2D eigenvalue weighted by Gasteiger charge is 2.38. The number of aromatic hydroxyl groups is 1. The molecule has 1 spiro atoms. The van der Waals surface area contributed by atoms with Crippen LogP contribution in [0.2, 0.25) is 0 Å². The first-order valence-corrected chi connectivity index (χ1v) is 5.83. The number of nitrogens with one attached hydrogen (secondary N) is 1. The van der Waals surface area contributed by atoms with Crippen molar-refractivity contribution in [3.63, 3.8) is 0 Å². The SMILES string of the molecule is Oc1ccc2c(c1)C1(CCCC1)CNC2. The van der Waals surface area contributed by atoms with E-state index in [-0.39, 0.29) is 0 Å². The highest BCUT2D eigenvalue weighted by molar-refractivity contribution is 5.42. The van der Waals surface area contributed by atoms with Crippen molar-refractivity contribution in [2.24, 2.45) is 0 Å². The van der Waals surface area contributed by atoms with E-state index in [0.717, 1.165) is 13.1 Å². The average Bonchev–Trinajstić information content (AvgIpc) is 2.69. The van der Waals surface area contributed by atoms with Gasteiger partial charge >= 0.3 is 0 Å². The number of hydrogen-bond donors (Lipinski definition) is 2. The minimum atomic E-state index is 0.326. The number of fused-ring (bicyclic) bond motifs is 2. The predicted octanol–water partition coefficient (Wildman–Crippen LogP) is 2.31. The lowest BCUT2D eigenvalue weighted by Gasteiger charge is -2.36. The molecule has 2 heteroatoms. The van der Waals surface area contributed by atoms with Gasteiger partial charge in [0.25, 0.3) is 0 Å². The summed E-state index contributed by atoms with van der Waals surface area (Å²) in [5.74, 6) is 0.418. The summed E-state index contributed by atoms with van der Waals surface area (Å²) in [6, 6.07) is 5.85. The molecule has 2 aliphatic rings. The Morgan fingerprint density at radius 3 is 2.80 bits per heavy atom. The van der Waals surface area contributed by atoms with Crippen LogP contribution in [0.4, 0.5) is 0 Å². The van der Waals surface area contributed by atoms with Crippen LogP contribution < -0.4 is 5.32 Å². The number of phenolic OH excluding ortho intramolecular Hbond substituents is 1. The van der Waals surface area contributed by atoms with Gasteiger partial charge in [-0.05, 0) is 36.1 Å². The van der Waals surface area contributed by atoms with Crippen LogP contribution in [0.3, 0.4) is 0 Å². The summed E-state index contributed by atoms with van der Waals surface area (Å²) < 4.78 is 0. The molecular formula is C13H17NO. The summed E-state index contributed by atoms with van der Waals surface area (Å²) in [5, 5.41) is 13.1.